The molecule has 1 amide bonds. The predicted molar refractivity (Wildman–Crippen MR) is 105 cm³/mol. The van der Waals surface area contributed by atoms with E-state index in [2.05, 4.69) is 9.97 Å². The zero-order valence-corrected chi connectivity index (χ0v) is 17.0. The van der Waals surface area contributed by atoms with Crippen molar-refractivity contribution in [1.29, 1.82) is 0 Å². The second-order valence-corrected chi connectivity index (χ2v) is 7.52. The number of nitrogens with zero attached hydrogens (tertiary/aromatic N) is 3. The van der Waals surface area contributed by atoms with E-state index in [1.807, 2.05) is 43.0 Å². The number of ether oxygens (including phenoxy) is 2. The van der Waals surface area contributed by atoms with E-state index < -0.39 is 0 Å². The number of carbonyl (C=O) groups excluding carboxylic acids is 1. The zero-order chi connectivity index (χ0) is 19.4. The maximum absolute atomic E-state index is 12.9. The van der Waals surface area contributed by atoms with E-state index in [0.717, 1.165) is 47.8 Å². The Kier molecular flexibility index (Phi) is 6.21. The van der Waals surface area contributed by atoms with Crippen molar-refractivity contribution in [2.75, 3.05) is 26.5 Å². The molecule has 1 unspecified atom stereocenters. The van der Waals surface area contributed by atoms with Gasteiger partial charge in [0.2, 0.25) is 5.91 Å². The van der Waals surface area contributed by atoms with E-state index in [-0.39, 0.29) is 11.9 Å². The summed E-state index contributed by atoms with van der Waals surface area (Å²) in [6.07, 6.45) is 1.89. The van der Waals surface area contributed by atoms with Gasteiger partial charge < -0.3 is 14.4 Å². The zero-order valence-electron chi connectivity index (χ0n) is 16.2. The fraction of sp³-hybridized carbons (Fsp3) is 0.450. The number of rotatable bonds is 6. The van der Waals surface area contributed by atoms with Crippen molar-refractivity contribution in [2.45, 2.75) is 37.9 Å². The molecular formula is C20H25N3O3S. The molecule has 0 saturated carbocycles. The summed E-state index contributed by atoms with van der Waals surface area (Å²) in [7, 11) is 3.29. The number of hydrogen-bond donors (Lipinski definition) is 0. The van der Waals surface area contributed by atoms with Gasteiger partial charge in [0.05, 0.1) is 26.0 Å². The smallest absolute Gasteiger partial charge is 0.233 e. The number of thioether (sulfide) groups is 1. The maximum Gasteiger partial charge on any atom is 0.233 e. The summed E-state index contributed by atoms with van der Waals surface area (Å²) in [6, 6.07) is 7.67. The third-order valence-corrected chi connectivity index (χ3v) is 5.49. The van der Waals surface area contributed by atoms with E-state index in [1.165, 1.54) is 11.8 Å². The van der Waals surface area contributed by atoms with Crippen LogP contribution in [0, 0.1) is 13.8 Å². The van der Waals surface area contributed by atoms with Crippen LogP contribution < -0.4 is 9.47 Å². The van der Waals surface area contributed by atoms with Crippen LogP contribution in [0.25, 0.3) is 0 Å². The molecule has 2 heterocycles. The maximum atomic E-state index is 12.9. The SMILES string of the molecule is COc1ccc(OC)c(C2CCCN2C(=O)CSc2nc(C)cc(C)n2)c1. The molecular weight excluding hydrogens is 362 g/mol. The van der Waals surface area contributed by atoms with Crippen molar-refractivity contribution in [3.8, 4) is 11.5 Å². The summed E-state index contributed by atoms with van der Waals surface area (Å²) in [4.78, 5) is 23.7. The molecule has 6 nitrogen and oxygen atoms in total. The Morgan fingerprint density at radius 1 is 1.19 bits per heavy atom. The van der Waals surface area contributed by atoms with Crippen LogP contribution in [0.4, 0.5) is 0 Å². The minimum Gasteiger partial charge on any atom is -0.497 e. The average Bonchev–Trinajstić information content (AvgIpc) is 3.14. The Balaban J connectivity index is 1.75. The largest absolute Gasteiger partial charge is 0.497 e. The lowest BCUT2D eigenvalue weighted by Crippen LogP contribution is -2.32. The van der Waals surface area contributed by atoms with Crippen molar-refractivity contribution in [2.24, 2.45) is 0 Å². The summed E-state index contributed by atoms with van der Waals surface area (Å²) >= 11 is 1.39. The summed E-state index contributed by atoms with van der Waals surface area (Å²) in [5.41, 5.74) is 2.82. The molecule has 7 heteroatoms. The monoisotopic (exact) mass is 387 g/mol. The molecule has 1 atom stereocenters. The van der Waals surface area contributed by atoms with Gasteiger partial charge in [-0.3, -0.25) is 4.79 Å². The number of likely N-dealkylation sites (tertiary alicyclic amines) is 1. The number of aryl methyl sites for hydroxylation is 2. The molecule has 1 aromatic heterocycles. The Bertz CT molecular complexity index is 808. The second kappa shape index (κ2) is 8.61. The van der Waals surface area contributed by atoms with Crippen molar-refractivity contribution in [3.05, 3.63) is 41.2 Å². The van der Waals surface area contributed by atoms with Gasteiger partial charge in [-0.05, 0) is 51.0 Å². The first-order valence-corrected chi connectivity index (χ1v) is 9.97. The van der Waals surface area contributed by atoms with Crippen molar-refractivity contribution >= 4 is 17.7 Å². The Morgan fingerprint density at radius 3 is 2.59 bits per heavy atom. The van der Waals surface area contributed by atoms with Gasteiger partial charge in [0.1, 0.15) is 11.5 Å². The van der Waals surface area contributed by atoms with E-state index in [1.54, 1.807) is 14.2 Å². The van der Waals surface area contributed by atoms with E-state index in [4.69, 9.17) is 9.47 Å². The van der Waals surface area contributed by atoms with Gasteiger partial charge in [-0.2, -0.15) is 0 Å². The van der Waals surface area contributed by atoms with E-state index in [0.29, 0.717) is 10.9 Å². The molecule has 1 saturated heterocycles. The van der Waals surface area contributed by atoms with Gasteiger partial charge in [-0.1, -0.05) is 11.8 Å². The summed E-state index contributed by atoms with van der Waals surface area (Å²) < 4.78 is 10.9. The highest BCUT2D eigenvalue weighted by molar-refractivity contribution is 7.99. The lowest BCUT2D eigenvalue weighted by molar-refractivity contribution is -0.129. The number of benzene rings is 1. The van der Waals surface area contributed by atoms with E-state index in [9.17, 15) is 4.79 Å². The van der Waals surface area contributed by atoms with Crippen LogP contribution in [-0.4, -0.2) is 47.3 Å². The summed E-state index contributed by atoms with van der Waals surface area (Å²) in [5, 5.41) is 0.649. The van der Waals surface area contributed by atoms with Gasteiger partial charge in [0.15, 0.2) is 5.16 Å². The first-order valence-electron chi connectivity index (χ1n) is 8.98. The van der Waals surface area contributed by atoms with Crippen molar-refractivity contribution in [1.82, 2.24) is 14.9 Å². The molecule has 1 aromatic carbocycles. The quantitative estimate of drug-likeness (QED) is 0.558. The lowest BCUT2D eigenvalue weighted by Gasteiger charge is -2.26. The molecule has 3 rings (SSSR count). The van der Waals surface area contributed by atoms with Crippen LogP contribution in [-0.2, 0) is 4.79 Å². The molecule has 2 aromatic rings. The number of carbonyl (C=O) groups is 1. The molecule has 144 valence electrons. The van der Waals surface area contributed by atoms with Gasteiger partial charge in [-0.25, -0.2) is 9.97 Å². The van der Waals surface area contributed by atoms with Gasteiger partial charge in [0, 0.05) is 23.5 Å². The van der Waals surface area contributed by atoms with Crippen LogP contribution in [0.5, 0.6) is 11.5 Å². The summed E-state index contributed by atoms with van der Waals surface area (Å²) in [5.74, 6) is 1.97. The number of amides is 1. The van der Waals surface area contributed by atoms with Crippen LogP contribution in [0.2, 0.25) is 0 Å². The topological polar surface area (TPSA) is 64.6 Å². The fourth-order valence-electron chi connectivity index (χ4n) is 3.46. The Hall–Kier alpha value is -2.28. The molecule has 0 N–H and O–H groups in total. The van der Waals surface area contributed by atoms with Crippen LogP contribution in [0.3, 0.4) is 0 Å². The highest BCUT2D eigenvalue weighted by Gasteiger charge is 2.32. The molecule has 1 aliphatic rings. The van der Waals surface area contributed by atoms with Crippen LogP contribution >= 0.6 is 11.8 Å². The van der Waals surface area contributed by atoms with Gasteiger partial charge in [0.25, 0.3) is 0 Å². The predicted octanol–water partition coefficient (Wildman–Crippen LogP) is 3.57. The fourth-order valence-corrected chi connectivity index (χ4v) is 4.29. The first kappa shape index (κ1) is 19.5. The minimum absolute atomic E-state index is 0.00307. The normalized spacial score (nSPS) is 16.4. The average molecular weight is 388 g/mol. The lowest BCUT2D eigenvalue weighted by atomic mass is 10.0. The Morgan fingerprint density at radius 2 is 1.93 bits per heavy atom. The molecule has 0 radical (unpaired) electrons. The number of hydrogen-bond acceptors (Lipinski definition) is 6. The summed E-state index contributed by atoms with van der Waals surface area (Å²) in [6.45, 7) is 4.62. The van der Waals surface area contributed by atoms with Crippen LogP contribution in [0.1, 0.15) is 35.8 Å². The molecule has 0 spiro atoms. The standard InChI is InChI=1S/C20H25N3O3S/c1-13-10-14(2)22-20(21-13)27-12-19(24)23-9-5-6-17(23)16-11-15(25-3)7-8-18(16)26-4/h7-8,10-11,17H,5-6,9,12H2,1-4H3. The number of aromatic nitrogens is 2. The third kappa shape index (κ3) is 4.53. The van der Waals surface area contributed by atoms with Crippen LogP contribution in [0.15, 0.2) is 29.4 Å². The molecule has 27 heavy (non-hydrogen) atoms. The molecule has 0 bridgehead atoms. The Labute approximate surface area is 164 Å². The first-order chi connectivity index (χ1) is 13.0. The van der Waals surface area contributed by atoms with Gasteiger partial charge >= 0.3 is 0 Å². The highest BCUT2D eigenvalue weighted by Crippen LogP contribution is 2.39. The second-order valence-electron chi connectivity index (χ2n) is 6.57. The highest BCUT2D eigenvalue weighted by atomic mass is 32.2. The molecule has 1 aliphatic heterocycles. The number of methoxy groups -OCH3 is 2. The van der Waals surface area contributed by atoms with Crippen molar-refractivity contribution in [3.63, 3.8) is 0 Å². The third-order valence-electron chi connectivity index (χ3n) is 4.66. The molecule has 1 fully saturated rings. The van der Waals surface area contributed by atoms with Crippen molar-refractivity contribution < 1.29 is 14.3 Å². The molecule has 0 aliphatic carbocycles. The van der Waals surface area contributed by atoms with Gasteiger partial charge in [-0.15, -0.1) is 0 Å². The van der Waals surface area contributed by atoms with E-state index >= 15 is 0 Å². The minimum atomic E-state index is 0.00307.